The summed E-state index contributed by atoms with van der Waals surface area (Å²) in [5, 5.41) is 3.50. The third kappa shape index (κ3) is 12.1. The Hall–Kier alpha value is -2.84. The number of anilines is 4. The van der Waals surface area contributed by atoms with Gasteiger partial charge in [0, 0.05) is 50.7 Å². The molecule has 2 heterocycles. The van der Waals surface area contributed by atoms with E-state index >= 15 is 4.39 Å². The van der Waals surface area contributed by atoms with Crippen molar-refractivity contribution >= 4 is 23.5 Å². The van der Waals surface area contributed by atoms with Crippen LogP contribution in [0.2, 0.25) is 0 Å². The average Bonchev–Trinajstić information content (AvgIpc) is 3.35. The number of hydrogen-bond acceptors (Lipinski definition) is 12. The zero-order valence-corrected chi connectivity index (χ0v) is 27.8. The van der Waals surface area contributed by atoms with Crippen molar-refractivity contribution in [3.8, 4) is 5.75 Å². The number of nitrogen functional groups attached to an aromatic ring is 1. The number of benzene rings is 1. The highest BCUT2D eigenvalue weighted by Gasteiger charge is 2.28. The summed E-state index contributed by atoms with van der Waals surface area (Å²) < 4.78 is 42.6. The number of halogens is 1. The molecule has 1 atom stereocenters. The SMILES string of the molecule is CCN1CCCC1CN(c1ccc(OCCOCCOCCOCCCOC)c(F)c1)c1nc(N)nc(NC2CCCCCC2)n1. The van der Waals surface area contributed by atoms with Crippen LogP contribution in [-0.4, -0.2) is 112 Å². The highest BCUT2D eigenvalue weighted by molar-refractivity contribution is 5.60. The molecule has 1 aliphatic heterocycles. The largest absolute Gasteiger partial charge is 0.488 e. The minimum Gasteiger partial charge on any atom is -0.488 e. The molecule has 0 amide bonds. The number of likely N-dealkylation sites (tertiary alicyclic amines) is 1. The summed E-state index contributed by atoms with van der Waals surface area (Å²) in [7, 11) is 1.68. The molecule has 0 radical (unpaired) electrons. The lowest BCUT2D eigenvalue weighted by Crippen LogP contribution is -2.39. The Morgan fingerprint density at radius 3 is 2.30 bits per heavy atom. The Morgan fingerprint density at radius 2 is 1.61 bits per heavy atom. The van der Waals surface area contributed by atoms with Gasteiger partial charge in [-0.05, 0) is 57.3 Å². The van der Waals surface area contributed by atoms with Gasteiger partial charge in [-0.2, -0.15) is 15.0 Å². The average molecular weight is 648 g/mol. The van der Waals surface area contributed by atoms with Crippen molar-refractivity contribution in [1.29, 1.82) is 0 Å². The smallest absolute Gasteiger partial charge is 0.236 e. The summed E-state index contributed by atoms with van der Waals surface area (Å²) >= 11 is 0. The molecular formula is C33H54FN7O5. The number of nitrogens with zero attached hydrogens (tertiary/aromatic N) is 5. The lowest BCUT2D eigenvalue weighted by atomic mass is 10.1. The van der Waals surface area contributed by atoms with Gasteiger partial charge in [0.1, 0.15) is 6.61 Å². The summed E-state index contributed by atoms with van der Waals surface area (Å²) in [4.78, 5) is 18.1. The lowest BCUT2D eigenvalue weighted by Gasteiger charge is -2.31. The zero-order chi connectivity index (χ0) is 32.4. The van der Waals surface area contributed by atoms with Gasteiger partial charge < -0.3 is 39.6 Å². The lowest BCUT2D eigenvalue weighted by molar-refractivity contribution is 0.00652. The molecule has 1 unspecified atom stereocenters. The maximum Gasteiger partial charge on any atom is 0.236 e. The van der Waals surface area contributed by atoms with E-state index in [-0.39, 0.29) is 24.3 Å². The fraction of sp³-hybridized carbons (Fsp3) is 0.727. The third-order valence-corrected chi connectivity index (χ3v) is 8.46. The van der Waals surface area contributed by atoms with Crippen LogP contribution in [0.1, 0.15) is 64.7 Å². The summed E-state index contributed by atoms with van der Waals surface area (Å²) in [6.45, 7) is 8.58. The molecule has 1 aliphatic carbocycles. The van der Waals surface area contributed by atoms with E-state index in [2.05, 4.69) is 27.1 Å². The van der Waals surface area contributed by atoms with E-state index in [0.717, 1.165) is 45.2 Å². The van der Waals surface area contributed by atoms with E-state index < -0.39 is 5.82 Å². The first-order valence-corrected chi connectivity index (χ1v) is 17.0. The van der Waals surface area contributed by atoms with Crippen LogP contribution in [0.5, 0.6) is 5.75 Å². The monoisotopic (exact) mass is 647 g/mol. The molecule has 1 saturated carbocycles. The first-order valence-electron chi connectivity index (χ1n) is 17.0. The molecule has 258 valence electrons. The minimum absolute atomic E-state index is 0.141. The van der Waals surface area contributed by atoms with Crippen LogP contribution in [0.4, 0.5) is 27.9 Å². The van der Waals surface area contributed by atoms with Gasteiger partial charge >= 0.3 is 0 Å². The quantitative estimate of drug-likeness (QED) is 0.142. The number of hydrogen-bond donors (Lipinski definition) is 2. The maximum absolute atomic E-state index is 15.4. The van der Waals surface area contributed by atoms with Crippen LogP contribution in [-0.2, 0) is 18.9 Å². The van der Waals surface area contributed by atoms with Gasteiger partial charge in [0.15, 0.2) is 11.6 Å². The predicted octanol–water partition coefficient (Wildman–Crippen LogP) is 4.82. The van der Waals surface area contributed by atoms with Crippen LogP contribution in [0.3, 0.4) is 0 Å². The molecule has 2 fully saturated rings. The summed E-state index contributed by atoms with van der Waals surface area (Å²) in [5.74, 6) is 0.718. The van der Waals surface area contributed by atoms with Crippen molar-refractivity contribution in [2.45, 2.75) is 76.8 Å². The molecule has 12 nitrogen and oxygen atoms in total. The van der Waals surface area contributed by atoms with Crippen molar-refractivity contribution in [2.24, 2.45) is 0 Å². The molecular weight excluding hydrogens is 593 g/mol. The van der Waals surface area contributed by atoms with Crippen LogP contribution in [0, 0.1) is 5.82 Å². The van der Waals surface area contributed by atoms with E-state index in [4.69, 9.17) is 34.4 Å². The van der Waals surface area contributed by atoms with Gasteiger partial charge in [0.25, 0.3) is 0 Å². The first-order chi connectivity index (χ1) is 22.6. The highest BCUT2D eigenvalue weighted by atomic mass is 19.1. The van der Waals surface area contributed by atoms with Crippen LogP contribution < -0.4 is 20.7 Å². The molecule has 2 aromatic rings. The van der Waals surface area contributed by atoms with Crippen LogP contribution in [0.25, 0.3) is 0 Å². The Bertz CT molecular complexity index is 1140. The molecule has 46 heavy (non-hydrogen) atoms. The second-order valence-electron chi connectivity index (χ2n) is 11.8. The molecule has 2 aliphatic rings. The Balaban J connectivity index is 1.33. The number of aromatic nitrogens is 3. The van der Waals surface area contributed by atoms with Crippen LogP contribution >= 0.6 is 0 Å². The highest BCUT2D eigenvalue weighted by Crippen LogP contribution is 2.31. The summed E-state index contributed by atoms with van der Waals surface area (Å²) in [6, 6.07) is 5.56. The second-order valence-corrected chi connectivity index (χ2v) is 11.8. The van der Waals surface area contributed by atoms with E-state index in [0.29, 0.717) is 76.4 Å². The van der Waals surface area contributed by atoms with Gasteiger partial charge in [-0.3, -0.25) is 4.90 Å². The molecule has 13 heteroatoms. The number of methoxy groups -OCH3 is 1. The van der Waals surface area contributed by atoms with Crippen molar-refractivity contribution in [3.05, 3.63) is 24.0 Å². The predicted molar refractivity (Wildman–Crippen MR) is 177 cm³/mol. The van der Waals surface area contributed by atoms with Gasteiger partial charge in [-0.1, -0.05) is 32.6 Å². The first kappa shape index (κ1) is 36.0. The standard InChI is InChI=1S/C33H54FN7O5/c1-3-40-15-8-12-28(40)25-41(33-38-31(35)37-32(39-33)36-26-10-6-4-5-7-11-26)27-13-14-30(29(34)24-27)46-23-22-45-21-20-44-19-18-43-17-9-16-42-2/h13-14,24,26,28H,3-12,15-23,25H2,1-2H3,(H3,35,36,37,38,39). The van der Waals surface area contributed by atoms with Crippen molar-refractivity contribution in [2.75, 3.05) is 95.5 Å². The molecule has 1 aromatic carbocycles. The minimum atomic E-state index is -0.464. The fourth-order valence-electron chi connectivity index (χ4n) is 6.04. The van der Waals surface area contributed by atoms with Gasteiger partial charge in [0.05, 0.1) is 33.0 Å². The molecule has 1 saturated heterocycles. The third-order valence-electron chi connectivity index (χ3n) is 8.46. The number of rotatable bonds is 21. The van der Waals surface area contributed by atoms with Gasteiger partial charge in [-0.15, -0.1) is 0 Å². The molecule has 3 N–H and O–H groups in total. The van der Waals surface area contributed by atoms with E-state index in [1.165, 1.54) is 31.7 Å². The fourth-order valence-corrected chi connectivity index (χ4v) is 6.04. The normalized spacial score (nSPS) is 17.7. The van der Waals surface area contributed by atoms with Crippen molar-refractivity contribution in [1.82, 2.24) is 19.9 Å². The maximum atomic E-state index is 15.4. The zero-order valence-electron chi connectivity index (χ0n) is 27.8. The summed E-state index contributed by atoms with van der Waals surface area (Å²) in [5.41, 5.74) is 6.84. The molecule has 0 spiro atoms. The van der Waals surface area contributed by atoms with Gasteiger partial charge in [-0.25, -0.2) is 4.39 Å². The molecule has 0 bridgehead atoms. The van der Waals surface area contributed by atoms with Crippen molar-refractivity contribution < 1.29 is 28.1 Å². The second kappa shape index (κ2) is 20.4. The summed E-state index contributed by atoms with van der Waals surface area (Å²) in [6.07, 6.45) is 10.1. The number of nitrogens with two attached hydrogens (primary N) is 1. The van der Waals surface area contributed by atoms with Crippen molar-refractivity contribution in [3.63, 3.8) is 0 Å². The Morgan fingerprint density at radius 1 is 0.891 bits per heavy atom. The Kier molecular flexibility index (Phi) is 16.0. The molecule has 1 aromatic heterocycles. The van der Waals surface area contributed by atoms with Gasteiger partial charge in [0.2, 0.25) is 17.8 Å². The number of ether oxygens (including phenoxy) is 5. The molecule has 4 rings (SSSR count). The number of nitrogens with one attached hydrogen (secondary N) is 1. The van der Waals surface area contributed by atoms with Crippen LogP contribution in [0.15, 0.2) is 18.2 Å². The Labute approximate surface area is 273 Å². The number of likely N-dealkylation sites (N-methyl/N-ethyl adjacent to an activating group) is 1. The van der Waals surface area contributed by atoms with E-state index in [1.54, 1.807) is 13.2 Å². The van der Waals surface area contributed by atoms with E-state index in [1.807, 2.05) is 11.0 Å². The topological polar surface area (TPSA) is 129 Å². The van der Waals surface area contributed by atoms with E-state index in [9.17, 15) is 0 Å².